The number of carbonyl (C=O) groups is 2. The minimum absolute atomic E-state index is 0.0675. The minimum Gasteiger partial charge on any atom is -0.493 e. The summed E-state index contributed by atoms with van der Waals surface area (Å²) < 4.78 is 10.3. The first-order chi connectivity index (χ1) is 12.9. The van der Waals surface area contributed by atoms with E-state index in [2.05, 4.69) is 18.3 Å². The van der Waals surface area contributed by atoms with Gasteiger partial charge in [0.15, 0.2) is 11.5 Å². The Morgan fingerprint density at radius 1 is 1.11 bits per heavy atom. The number of carboxylic acid groups (broad SMARTS) is 1. The molecule has 2 N–H and O–H groups in total. The van der Waals surface area contributed by atoms with Crippen LogP contribution in [0.3, 0.4) is 0 Å². The largest absolute Gasteiger partial charge is 0.493 e. The molecular weight excluding hydrogens is 346 g/mol. The zero-order valence-corrected chi connectivity index (χ0v) is 15.5. The molecule has 0 aliphatic heterocycles. The summed E-state index contributed by atoms with van der Waals surface area (Å²) in [5.74, 6) is -0.923. The molecule has 0 bridgehead atoms. The van der Waals surface area contributed by atoms with Crippen LogP contribution in [0.2, 0.25) is 0 Å². The summed E-state index contributed by atoms with van der Waals surface area (Å²) in [5.41, 5.74) is 4.59. The summed E-state index contributed by atoms with van der Waals surface area (Å²) in [5, 5.41) is 12.1. The number of hydrogen-bond donors (Lipinski definition) is 2. The number of hydrogen-bond acceptors (Lipinski definition) is 4. The minimum atomic E-state index is -1.17. The highest BCUT2D eigenvalue weighted by Gasteiger charge is 2.20. The number of anilines is 1. The average molecular weight is 367 g/mol. The Bertz CT molecular complexity index is 946. The molecule has 0 aromatic heterocycles. The summed E-state index contributed by atoms with van der Waals surface area (Å²) in [4.78, 5) is 24.1. The third-order valence-electron chi connectivity index (χ3n) is 4.72. The number of methoxy groups -OCH3 is 2. The predicted octanol–water partition coefficient (Wildman–Crippen LogP) is 3.68. The van der Waals surface area contributed by atoms with E-state index in [0.29, 0.717) is 5.75 Å². The topological polar surface area (TPSA) is 84.9 Å². The van der Waals surface area contributed by atoms with Crippen molar-refractivity contribution in [1.82, 2.24) is 0 Å². The summed E-state index contributed by atoms with van der Waals surface area (Å²) in [7, 11) is 2.87. The van der Waals surface area contributed by atoms with Gasteiger partial charge in [-0.05, 0) is 42.0 Å². The molecule has 6 heteroatoms. The van der Waals surface area contributed by atoms with E-state index in [1.54, 1.807) is 0 Å². The normalized spacial score (nSPS) is 14.0. The van der Waals surface area contributed by atoms with Crippen LogP contribution >= 0.6 is 0 Å². The van der Waals surface area contributed by atoms with Crippen molar-refractivity contribution in [3.63, 3.8) is 0 Å². The van der Waals surface area contributed by atoms with Crippen LogP contribution in [-0.4, -0.2) is 31.2 Å². The molecule has 1 amide bonds. The lowest BCUT2D eigenvalue weighted by Gasteiger charge is -2.13. The molecule has 1 aliphatic carbocycles. The highest BCUT2D eigenvalue weighted by atomic mass is 16.5. The highest BCUT2D eigenvalue weighted by Crippen LogP contribution is 2.35. The lowest BCUT2D eigenvalue weighted by molar-refractivity contribution is -0.111. The van der Waals surface area contributed by atoms with Crippen LogP contribution in [0, 0.1) is 6.92 Å². The van der Waals surface area contributed by atoms with Gasteiger partial charge in [0, 0.05) is 18.2 Å². The Hall–Kier alpha value is -3.28. The van der Waals surface area contributed by atoms with E-state index in [9.17, 15) is 14.7 Å². The van der Waals surface area contributed by atoms with Crippen molar-refractivity contribution in [3.8, 4) is 11.5 Å². The lowest BCUT2D eigenvalue weighted by atomic mass is 10.0. The average Bonchev–Trinajstić information content (AvgIpc) is 3.05. The molecule has 2 aromatic rings. The summed E-state index contributed by atoms with van der Waals surface area (Å²) >= 11 is 0. The fourth-order valence-corrected chi connectivity index (χ4v) is 3.37. The molecule has 27 heavy (non-hydrogen) atoms. The number of carboxylic acids is 1. The van der Waals surface area contributed by atoms with E-state index in [1.165, 1.54) is 43.6 Å². The molecular formula is C21H21NO5. The molecule has 3 rings (SSSR count). The first-order valence-corrected chi connectivity index (χ1v) is 8.54. The predicted molar refractivity (Wildman–Crippen MR) is 103 cm³/mol. The Labute approximate surface area is 157 Å². The van der Waals surface area contributed by atoms with Crippen LogP contribution in [0.25, 0.3) is 5.57 Å². The number of aryl methyl sites for hydroxylation is 1. The van der Waals surface area contributed by atoms with Crippen LogP contribution in [0.15, 0.2) is 36.4 Å². The fraction of sp³-hybridized carbons (Fsp3) is 0.238. The maximum absolute atomic E-state index is 12.5. The first-order valence-electron chi connectivity index (χ1n) is 8.54. The maximum Gasteiger partial charge on any atom is 0.337 e. The second kappa shape index (κ2) is 7.53. The van der Waals surface area contributed by atoms with Crippen molar-refractivity contribution >= 4 is 23.1 Å². The summed E-state index contributed by atoms with van der Waals surface area (Å²) in [6, 6.07) is 8.82. The van der Waals surface area contributed by atoms with Crippen molar-refractivity contribution in [2.75, 3.05) is 19.5 Å². The fourth-order valence-electron chi connectivity index (χ4n) is 3.37. The molecule has 0 radical (unpaired) electrons. The molecule has 1 aliphatic rings. The summed E-state index contributed by atoms with van der Waals surface area (Å²) in [6.07, 6.45) is 3.22. The molecule has 0 saturated carbocycles. The van der Waals surface area contributed by atoms with Gasteiger partial charge in [-0.15, -0.1) is 0 Å². The van der Waals surface area contributed by atoms with Crippen LogP contribution in [0.4, 0.5) is 5.69 Å². The first kappa shape index (κ1) is 18.5. The number of aromatic carboxylic acids is 1. The molecule has 0 unspecified atom stereocenters. The van der Waals surface area contributed by atoms with Gasteiger partial charge in [0.05, 0.1) is 25.5 Å². The van der Waals surface area contributed by atoms with Crippen molar-refractivity contribution < 1.29 is 24.2 Å². The van der Waals surface area contributed by atoms with Gasteiger partial charge < -0.3 is 19.9 Å². The number of nitrogens with one attached hydrogen (secondary N) is 1. The van der Waals surface area contributed by atoms with Crippen molar-refractivity contribution in [1.29, 1.82) is 0 Å². The molecule has 0 saturated heterocycles. The summed E-state index contributed by atoms with van der Waals surface area (Å²) in [6.45, 7) is 2.06. The quantitative estimate of drug-likeness (QED) is 0.788. The molecule has 0 heterocycles. The van der Waals surface area contributed by atoms with Crippen molar-refractivity contribution in [2.45, 2.75) is 19.8 Å². The Balaban J connectivity index is 1.91. The smallest absolute Gasteiger partial charge is 0.337 e. The zero-order valence-electron chi connectivity index (χ0n) is 15.5. The Kier molecular flexibility index (Phi) is 5.16. The maximum atomic E-state index is 12.5. The van der Waals surface area contributed by atoms with Gasteiger partial charge in [-0.1, -0.05) is 18.2 Å². The van der Waals surface area contributed by atoms with Crippen LogP contribution in [0.5, 0.6) is 11.5 Å². The second-order valence-corrected chi connectivity index (χ2v) is 6.32. The highest BCUT2D eigenvalue weighted by molar-refractivity contribution is 6.08. The molecule has 2 aromatic carbocycles. The van der Waals surface area contributed by atoms with Gasteiger partial charge in [-0.3, -0.25) is 4.79 Å². The van der Waals surface area contributed by atoms with E-state index >= 15 is 0 Å². The Morgan fingerprint density at radius 2 is 1.81 bits per heavy atom. The third kappa shape index (κ3) is 3.65. The van der Waals surface area contributed by atoms with Gasteiger partial charge in [-0.2, -0.15) is 0 Å². The standard InChI is InChI=1S/C21H21NO5/c1-12-5-4-6-15-13(7-8-14(12)15)9-20(23)22-17-11-19(27-3)18(26-2)10-16(17)21(24)25/h4-6,9-11H,7-8H2,1-3H3,(H,22,23)(H,24,25)/b13-9+. The SMILES string of the molecule is COc1cc(NC(=O)/C=C2\CCc3c(C)cccc32)c(C(=O)O)cc1OC. The molecule has 0 atom stereocenters. The van der Waals surface area contributed by atoms with Crippen LogP contribution < -0.4 is 14.8 Å². The van der Waals surface area contributed by atoms with Crippen LogP contribution in [0.1, 0.15) is 33.5 Å². The van der Waals surface area contributed by atoms with Gasteiger partial charge in [-0.25, -0.2) is 4.79 Å². The molecule has 0 fully saturated rings. The molecule has 6 nitrogen and oxygen atoms in total. The number of ether oxygens (including phenoxy) is 2. The number of benzene rings is 2. The van der Waals surface area contributed by atoms with E-state index < -0.39 is 5.97 Å². The van der Waals surface area contributed by atoms with Gasteiger partial charge >= 0.3 is 5.97 Å². The van der Waals surface area contributed by atoms with Crippen molar-refractivity contribution in [3.05, 3.63) is 58.7 Å². The lowest BCUT2D eigenvalue weighted by Crippen LogP contribution is -2.13. The molecule has 0 spiro atoms. The van der Waals surface area contributed by atoms with E-state index in [-0.39, 0.29) is 22.9 Å². The van der Waals surface area contributed by atoms with E-state index in [1.807, 2.05) is 12.1 Å². The molecule has 140 valence electrons. The van der Waals surface area contributed by atoms with Gasteiger partial charge in [0.25, 0.3) is 0 Å². The van der Waals surface area contributed by atoms with Gasteiger partial charge in [0.1, 0.15) is 0 Å². The third-order valence-corrected chi connectivity index (χ3v) is 4.72. The number of fused-ring (bicyclic) bond motifs is 1. The number of rotatable bonds is 5. The van der Waals surface area contributed by atoms with E-state index in [0.717, 1.165) is 24.0 Å². The van der Waals surface area contributed by atoms with E-state index in [4.69, 9.17) is 9.47 Å². The number of carbonyl (C=O) groups excluding carboxylic acids is 1. The zero-order chi connectivity index (χ0) is 19.6. The van der Waals surface area contributed by atoms with Gasteiger partial charge in [0.2, 0.25) is 5.91 Å². The second-order valence-electron chi connectivity index (χ2n) is 6.32. The number of allylic oxidation sites excluding steroid dienone is 1. The van der Waals surface area contributed by atoms with Crippen molar-refractivity contribution in [2.24, 2.45) is 0 Å². The number of amides is 1. The van der Waals surface area contributed by atoms with Crippen LogP contribution in [-0.2, 0) is 11.2 Å². The monoisotopic (exact) mass is 367 g/mol. The Morgan fingerprint density at radius 3 is 2.48 bits per heavy atom.